The first-order chi connectivity index (χ1) is 8.52. The molecule has 1 aromatic heterocycles. The van der Waals surface area contributed by atoms with Gasteiger partial charge in [-0.1, -0.05) is 17.8 Å². The lowest BCUT2D eigenvalue weighted by molar-refractivity contribution is -0.123. The molecular weight excluding hydrogens is 268 g/mol. The molecule has 0 spiro atoms. The number of amides is 1. The van der Waals surface area contributed by atoms with Crippen molar-refractivity contribution in [2.45, 2.75) is 10.2 Å². The highest BCUT2D eigenvalue weighted by atomic mass is 32.2. The van der Waals surface area contributed by atoms with Gasteiger partial charge in [0.2, 0.25) is 5.91 Å². The van der Waals surface area contributed by atoms with E-state index in [0.29, 0.717) is 16.7 Å². The summed E-state index contributed by atoms with van der Waals surface area (Å²) < 4.78 is 0. The fraction of sp³-hybridized carbons (Fsp3) is 0.364. The number of nitrogens with two attached hydrogens (primary N) is 1. The van der Waals surface area contributed by atoms with E-state index >= 15 is 0 Å². The topological polar surface area (TPSA) is 72.1 Å². The molecule has 0 fully saturated rings. The third-order valence-corrected chi connectivity index (χ3v) is 3.35. The minimum atomic E-state index is -0.0334. The number of hydrogen-bond acceptors (Lipinski definition) is 6. The zero-order valence-corrected chi connectivity index (χ0v) is 12.2. The Bertz CT molecular complexity index is 449. The average Bonchev–Trinajstić information content (AvgIpc) is 2.33. The second kappa shape index (κ2) is 7.27. The van der Waals surface area contributed by atoms with Gasteiger partial charge in [-0.2, -0.15) is 0 Å². The number of hydrogen-bond donors (Lipinski definition) is 1. The number of carbonyl (C=O) groups is 1. The van der Waals surface area contributed by atoms with Crippen LogP contribution in [0.2, 0.25) is 0 Å². The second-order valence-corrected chi connectivity index (χ2v) is 5.38. The van der Waals surface area contributed by atoms with Crippen LogP contribution in [0.15, 0.2) is 28.4 Å². The minimum Gasteiger partial charge on any atom is -0.384 e. The Hall–Kier alpha value is -1.21. The number of likely N-dealkylation sites (N-methyl/N-ethyl adjacent to an activating group) is 1. The molecule has 0 unspecified atom stereocenters. The minimum absolute atomic E-state index is 0.0334. The van der Waals surface area contributed by atoms with Crippen molar-refractivity contribution in [3.63, 3.8) is 0 Å². The molecule has 0 aliphatic rings. The summed E-state index contributed by atoms with van der Waals surface area (Å²) in [5.74, 6) is 1.07. The number of anilines is 1. The summed E-state index contributed by atoms with van der Waals surface area (Å²) in [6.45, 7) is 0. The van der Waals surface area contributed by atoms with Gasteiger partial charge in [0, 0.05) is 25.9 Å². The number of nitrogen functional groups attached to an aromatic ring is 1. The Morgan fingerprint density at radius 2 is 2.22 bits per heavy atom. The summed E-state index contributed by atoms with van der Waals surface area (Å²) in [7, 11) is 3.43. The predicted molar refractivity (Wildman–Crippen MR) is 76.8 cm³/mol. The van der Waals surface area contributed by atoms with Crippen LogP contribution in [0.4, 0.5) is 5.82 Å². The normalized spacial score (nSPS) is 10.8. The maximum atomic E-state index is 11.3. The number of nitrogens with zero attached hydrogens (tertiary/aromatic N) is 3. The second-order valence-electron chi connectivity index (χ2n) is 3.56. The van der Waals surface area contributed by atoms with Gasteiger partial charge in [0.25, 0.3) is 0 Å². The molecule has 7 heteroatoms. The predicted octanol–water partition coefficient (Wildman–Crippen LogP) is 1.52. The Labute approximate surface area is 115 Å². The standard InChI is InChI=1S/C11H16N4OS2/c1-15(2)10(16)5-4-6-18-11-13-8(12)7-9(14-11)17-3/h4-5,7H,6H2,1-3H3,(H2,12,13,14). The molecule has 0 aliphatic heterocycles. The van der Waals surface area contributed by atoms with Gasteiger partial charge in [0.05, 0.1) is 0 Å². The van der Waals surface area contributed by atoms with Crippen molar-refractivity contribution in [2.24, 2.45) is 0 Å². The number of carbonyl (C=O) groups excluding carboxylic acids is 1. The third kappa shape index (κ3) is 4.97. The first-order valence-electron chi connectivity index (χ1n) is 5.22. The molecule has 0 saturated heterocycles. The highest BCUT2D eigenvalue weighted by Gasteiger charge is 2.02. The maximum Gasteiger partial charge on any atom is 0.245 e. The summed E-state index contributed by atoms with van der Waals surface area (Å²) in [4.78, 5) is 21.2. The van der Waals surface area contributed by atoms with E-state index < -0.39 is 0 Å². The SMILES string of the molecule is CSc1cc(N)nc(SCC=CC(=O)N(C)C)n1. The Morgan fingerprint density at radius 1 is 1.50 bits per heavy atom. The summed E-state index contributed by atoms with van der Waals surface area (Å²) in [6.07, 6.45) is 5.26. The van der Waals surface area contributed by atoms with Crippen LogP contribution in [-0.4, -0.2) is 46.9 Å². The van der Waals surface area contributed by atoms with Crippen LogP contribution in [0.5, 0.6) is 0 Å². The first kappa shape index (κ1) is 14.8. The van der Waals surface area contributed by atoms with Crippen LogP contribution in [0.25, 0.3) is 0 Å². The molecule has 0 aliphatic carbocycles. The number of thioether (sulfide) groups is 2. The lowest BCUT2D eigenvalue weighted by Crippen LogP contribution is -2.18. The van der Waals surface area contributed by atoms with E-state index in [2.05, 4.69) is 9.97 Å². The zero-order valence-electron chi connectivity index (χ0n) is 10.6. The Morgan fingerprint density at radius 3 is 2.83 bits per heavy atom. The van der Waals surface area contributed by atoms with Gasteiger partial charge in [-0.25, -0.2) is 9.97 Å². The molecule has 5 nitrogen and oxygen atoms in total. The molecule has 0 radical (unpaired) electrons. The van der Waals surface area contributed by atoms with E-state index in [9.17, 15) is 4.79 Å². The van der Waals surface area contributed by atoms with Crippen LogP contribution in [0.1, 0.15) is 0 Å². The third-order valence-electron chi connectivity index (χ3n) is 1.92. The van der Waals surface area contributed by atoms with Crippen LogP contribution in [-0.2, 0) is 4.79 Å². The van der Waals surface area contributed by atoms with Gasteiger partial charge >= 0.3 is 0 Å². The van der Waals surface area contributed by atoms with Crippen LogP contribution >= 0.6 is 23.5 Å². The Kier molecular flexibility index (Phi) is 6.00. The molecule has 98 valence electrons. The van der Waals surface area contributed by atoms with Gasteiger partial charge < -0.3 is 10.6 Å². The highest BCUT2D eigenvalue weighted by molar-refractivity contribution is 7.99. The first-order valence-corrected chi connectivity index (χ1v) is 7.43. The monoisotopic (exact) mass is 284 g/mol. The molecule has 0 aromatic carbocycles. The molecule has 1 rings (SSSR count). The lowest BCUT2D eigenvalue weighted by atomic mass is 10.5. The fourth-order valence-electron chi connectivity index (χ4n) is 1.01. The molecule has 1 heterocycles. The van der Waals surface area contributed by atoms with Crippen molar-refractivity contribution in [1.29, 1.82) is 0 Å². The van der Waals surface area contributed by atoms with E-state index in [1.54, 1.807) is 26.2 Å². The molecule has 18 heavy (non-hydrogen) atoms. The van der Waals surface area contributed by atoms with E-state index in [0.717, 1.165) is 5.03 Å². The van der Waals surface area contributed by atoms with Gasteiger partial charge in [-0.15, -0.1) is 11.8 Å². The quantitative estimate of drug-likeness (QED) is 0.382. The zero-order chi connectivity index (χ0) is 13.5. The Balaban J connectivity index is 2.54. The van der Waals surface area contributed by atoms with Crippen molar-refractivity contribution < 1.29 is 4.79 Å². The summed E-state index contributed by atoms with van der Waals surface area (Å²) in [5, 5.41) is 1.47. The van der Waals surface area contributed by atoms with Crippen molar-refractivity contribution >= 4 is 35.2 Å². The van der Waals surface area contributed by atoms with Crippen molar-refractivity contribution in [3.05, 3.63) is 18.2 Å². The summed E-state index contributed by atoms with van der Waals surface area (Å²) >= 11 is 2.97. The van der Waals surface area contributed by atoms with Crippen LogP contribution in [0, 0.1) is 0 Å². The molecule has 1 amide bonds. The summed E-state index contributed by atoms with van der Waals surface area (Å²) in [6, 6.07) is 1.74. The van der Waals surface area contributed by atoms with Gasteiger partial charge in [0.1, 0.15) is 10.8 Å². The van der Waals surface area contributed by atoms with Crippen LogP contribution < -0.4 is 5.73 Å². The highest BCUT2D eigenvalue weighted by Crippen LogP contribution is 2.20. The van der Waals surface area contributed by atoms with Gasteiger partial charge in [-0.05, 0) is 12.3 Å². The number of rotatable bonds is 5. The smallest absolute Gasteiger partial charge is 0.245 e. The molecule has 2 N–H and O–H groups in total. The van der Waals surface area contributed by atoms with E-state index in [1.165, 1.54) is 34.5 Å². The van der Waals surface area contributed by atoms with Crippen molar-refractivity contribution in [2.75, 3.05) is 31.8 Å². The van der Waals surface area contributed by atoms with Crippen molar-refractivity contribution in [3.8, 4) is 0 Å². The molecule has 1 aromatic rings. The molecule has 0 saturated carbocycles. The summed E-state index contributed by atoms with van der Waals surface area (Å²) in [5.41, 5.74) is 5.67. The van der Waals surface area contributed by atoms with Gasteiger partial charge in [-0.3, -0.25) is 4.79 Å². The molecule has 0 bridgehead atoms. The van der Waals surface area contributed by atoms with E-state index in [1.807, 2.05) is 6.26 Å². The van der Waals surface area contributed by atoms with Crippen LogP contribution in [0.3, 0.4) is 0 Å². The number of aromatic nitrogens is 2. The van der Waals surface area contributed by atoms with E-state index in [4.69, 9.17) is 5.73 Å². The average molecular weight is 284 g/mol. The molecule has 0 atom stereocenters. The van der Waals surface area contributed by atoms with E-state index in [-0.39, 0.29) is 5.91 Å². The maximum absolute atomic E-state index is 11.3. The van der Waals surface area contributed by atoms with Crippen molar-refractivity contribution in [1.82, 2.24) is 14.9 Å². The van der Waals surface area contributed by atoms with Gasteiger partial charge in [0.15, 0.2) is 5.16 Å². The fourth-order valence-corrected chi connectivity index (χ4v) is 2.16. The lowest BCUT2D eigenvalue weighted by Gasteiger charge is -2.05. The molecular formula is C11H16N4OS2. The largest absolute Gasteiger partial charge is 0.384 e.